The van der Waals surface area contributed by atoms with Gasteiger partial charge in [-0.1, -0.05) is 18.2 Å². The Hall–Kier alpha value is -2.18. The molecule has 0 saturated carbocycles. The molecule has 0 unspecified atom stereocenters. The molecule has 1 aromatic heterocycles. The van der Waals surface area contributed by atoms with Gasteiger partial charge < -0.3 is 14.1 Å². The van der Waals surface area contributed by atoms with Crippen LogP contribution in [0.2, 0.25) is 0 Å². The van der Waals surface area contributed by atoms with Crippen LogP contribution in [0, 0.1) is 5.82 Å². The Labute approximate surface area is 152 Å². The Kier molecular flexibility index (Phi) is 5.04. The highest BCUT2D eigenvalue weighted by molar-refractivity contribution is 5.94. The minimum atomic E-state index is -0.192. The zero-order valence-electron chi connectivity index (χ0n) is 14.7. The lowest BCUT2D eigenvalue weighted by Crippen LogP contribution is -2.35. The van der Waals surface area contributed by atoms with Gasteiger partial charge in [0.15, 0.2) is 0 Å². The molecule has 2 saturated heterocycles. The first-order valence-electron chi connectivity index (χ1n) is 9.12. The lowest BCUT2D eigenvalue weighted by Gasteiger charge is -2.25. The largest absolute Gasteiger partial charge is 0.467 e. The lowest BCUT2D eigenvalue weighted by atomic mass is 9.98. The summed E-state index contributed by atoms with van der Waals surface area (Å²) in [7, 11) is 0. The fourth-order valence-electron chi connectivity index (χ4n) is 3.74. The van der Waals surface area contributed by atoms with E-state index >= 15 is 0 Å². The summed E-state index contributed by atoms with van der Waals surface area (Å²) < 4.78 is 24.9. The summed E-state index contributed by atoms with van der Waals surface area (Å²) in [5.74, 6) is 0.615. The van der Waals surface area contributed by atoms with Crippen LogP contribution in [0.25, 0.3) is 0 Å². The number of amides is 1. The zero-order chi connectivity index (χ0) is 17.9. The number of ether oxygens (including phenoxy) is 1. The summed E-state index contributed by atoms with van der Waals surface area (Å²) in [4.78, 5) is 16.8. The predicted octanol–water partition coefficient (Wildman–Crippen LogP) is 2.88. The molecular weight excluding hydrogens is 335 g/mol. The van der Waals surface area contributed by atoms with Crippen LogP contribution in [0.15, 0.2) is 41.0 Å². The smallest absolute Gasteiger partial charge is 0.257 e. The molecule has 6 heteroatoms. The third-order valence-electron chi connectivity index (χ3n) is 5.20. The first kappa shape index (κ1) is 17.2. The van der Waals surface area contributed by atoms with Crippen molar-refractivity contribution in [3.63, 3.8) is 0 Å². The van der Waals surface area contributed by atoms with Crippen molar-refractivity contribution in [1.82, 2.24) is 9.80 Å². The van der Waals surface area contributed by atoms with Crippen molar-refractivity contribution in [2.75, 3.05) is 39.4 Å². The quantitative estimate of drug-likeness (QED) is 0.843. The van der Waals surface area contributed by atoms with Gasteiger partial charge >= 0.3 is 0 Å². The first-order chi connectivity index (χ1) is 12.7. The molecule has 0 N–H and O–H groups in total. The average Bonchev–Trinajstić information content (AvgIpc) is 3.32. The van der Waals surface area contributed by atoms with E-state index in [9.17, 15) is 9.18 Å². The molecule has 0 bridgehead atoms. The molecule has 1 aromatic carbocycles. The number of nitrogens with zero attached hydrogens (tertiary/aromatic N) is 2. The minimum Gasteiger partial charge on any atom is -0.467 e. The topological polar surface area (TPSA) is 45.9 Å². The molecule has 3 heterocycles. The van der Waals surface area contributed by atoms with Gasteiger partial charge in [-0.15, -0.1) is 0 Å². The number of furan rings is 1. The highest BCUT2D eigenvalue weighted by atomic mass is 19.1. The Bertz CT molecular complexity index is 770. The number of carbonyl (C=O) groups excluding carboxylic acids is 1. The van der Waals surface area contributed by atoms with E-state index < -0.39 is 0 Å². The molecule has 2 aliphatic rings. The molecule has 4 rings (SSSR count). The second-order valence-electron chi connectivity index (χ2n) is 6.95. The molecule has 0 radical (unpaired) electrons. The second-order valence-corrected chi connectivity index (χ2v) is 6.95. The van der Waals surface area contributed by atoms with Crippen molar-refractivity contribution in [2.45, 2.75) is 18.9 Å². The second kappa shape index (κ2) is 7.60. The molecule has 26 heavy (non-hydrogen) atoms. The Balaban J connectivity index is 1.38. The standard InChI is InChI=1S/C20H23FN2O3/c21-19-4-2-1-3-18(19)15-5-6-23(12-15)20(24)16-11-17(26-14-16)13-22-7-9-25-10-8-22/h1-4,11,14-15H,5-10,12-13H2/t15-/m1/s1. The van der Waals surface area contributed by atoms with E-state index in [-0.39, 0.29) is 17.6 Å². The van der Waals surface area contributed by atoms with Crippen molar-refractivity contribution in [3.8, 4) is 0 Å². The summed E-state index contributed by atoms with van der Waals surface area (Å²) in [6.07, 6.45) is 2.32. The third-order valence-corrected chi connectivity index (χ3v) is 5.20. The monoisotopic (exact) mass is 358 g/mol. The van der Waals surface area contributed by atoms with Gasteiger partial charge in [0.25, 0.3) is 5.91 Å². The maximum absolute atomic E-state index is 14.0. The van der Waals surface area contributed by atoms with E-state index in [1.54, 1.807) is 11.0 Å². The Morgan fingerprint density at radius 3 is 2.81 bits per heavy atom. The molecule has 0 aliphatic carbocycles. The lowest BCUT2D eigenvalue weighted by molar-refractivity contribution is 0.0313. The van der Waals surface area contributed by atoms with Gasteiger partial charge in [-0.3, -0.25) is 9.69 Å². The summed E-state index contributed by atoms with van der Waals surface area (Å²) in [5, 5.41) is 0. The van der Waals surface area contributed by atoms with Gasteiger partial charge in [-0.05, 0) is 24.1 Å². The Morgan fingerprint density at radius 2 is 2.00 bits per heavy atom. The van der Waals surface area contributed by atoms with Crippen LogP contribution in [-0.4, -0.2) is 55.1 Å². The van der Waals surface area contributed by atoms with Gasteiger partial charge in [-0.25, -0.2) is 4.39 Å². The van der Waals surface area contributed by atoms with Crippen molar-refractivity contribution in [1.29, 1.82) is 0 Å². The highest BCUT2D eigenvalue weighted by Crippen LogP contribution is 2.30. The van der Waals surface area contributed by atoms with Crippen LogP contribution in [0.4, 0.5) is 4.39 Å². The normalized spacial score (nSPS) is 21.3. The predicted molar refractivity (Wildman–Crippen MR) is 94.5 cm³/mol. The molecule has 0 spiro atoms. The van der Waals surface area contributed by atoms with Gasteiger partial charge in [0.05, 0.1) is 25.3 Å². The molecule has 1 amide bonds. The van der Waals surface area contributed by atoms with E-state index in [2.05, 4.69) is 4.90 Å². The Morgan fingerprint density at radius 1 is 1.19 bits per heavy atom. The molecule has 2 fully saturated rings. The highest BCUT2D eigenvalue weighted by Gasteiger charge is 2.30. The summed E-state index contributed by atoms with van der Waals surface area (Å²) in [5.41, 5.74) is 1.27. The van der Waals surface area contributed by atoms with Crippen molar-refractivity contribution in [3.05, 3.63) is 59.3 Å². The van der Waals surface area contributed by atoms with Crippen molar-refractivity contribution >= 4 is 5.91 Å². The number of rotatable bonds is 4. The molecule has 138 valence electrons. The van der Waals surface area contributed by atoms with Gasteiger partial charge in [0, 0.05) is 32.1 Å². The average molecular weight is 358 g/mol. The maximum Gasteiger partial charge on any atom is 0.257 e. The van der Waals surface area contributed by atoms with Gasteiger partial charge in [0.2, 0.25) is 0 Å². The van der Waals surface area contributed by atoms with E-state index in [0.717, 1.165) is 38.5 Å². The summed E-state index contributed by atoms with van der Waals surface area (Å²) >= 11 is 0. The van der Waals surface area contributed by atoms with Crippen molar-refractivity contribution < 1.29 is 18.3 Å². The minimum absolute atomic E-state index is 0.0409. The number of morpholine rings is 1. The van der Waals surface area contributed by atoms with Crippen LogP contribution < -0.4 is 0 Å². The van der Waals surface area contributed by atoms with E-state index in [1.807, 2.05) is 18.2 Å². The van der Waals surface area contributed by atoms with Crippen LogP contribution >= 0.6 is 0 Å². The van der Waals surface area contributed by atoms with E-state index in [4.69, 9.17) is 9.15 Å². The number of hydrogen-bond donors (Lipinski definition) is 0. The third kappa shape index (κ3) is 3.66. The fraction of sp³-hybridized carbons (Fsp3) is 0.450. The molecule has 1 atom stereocenters. The van der Waals surface area contributed by atoms with Crippen LogP contribution in [0.3, 0.4) is 0 Å². The number of likely N-dealkylation sites (tertiary alicyclic amines) is 1. The number of carbonyl (C=O) groups is 1. The summed E-state index contributed by atoms with van der Waals surface area (Å²) in [6, 6.07) is 8.66. The van der Waals surface area contributed by atoms with Gasteiger partial charge in [0.1, 0.15) is 17.8 Å². The number of benzene rings is 1. The summed E-state index contributed by atoms with van der Waals surface area (Å²) in [6.45, 7) is 5.09. The number of halogens is 1. The van der Waals surface area contributed by atoms with Crippen LogP contribution in [0.5, 0.6) is 0 Å². The van der Waals surface area contributed by atoms with E-state index in [0.29, 0.717) is 30.8 Å². The molecular formula is C20H23FN2O3. The van der Waals surface area contributed by atoms with Gasteiger partial charge in [-0.2, -0.15) is 0 Å². The first-order valence-corrected chi connectivity index (χ1v) is 9.12. The maximum atomic E-state index is 14.0. The SMILES string of the molecule is O=C(c1coc(CN2CCOCC2)c1)N1CC[C@@H](c2ccccc2F)C1. The van der Waals surface area contributed by atoms with Crippen LogP contribution in [-0.2, 0) is 11.3 Å². The van der Waals surface area contributed by atoms with E-state index in [1.165, 1.54) is 12.3 Å². The van der Waals surface area contributed by atoms with Crippen LogP contribution in [0.1, 0.15) is 34.0 Å². The molecule has 2 aliphatic heterocycles. The molecule has 2 aromatic rings. The zero-order valence-corrected chi connectivity index (χ0v) is 14.7. The van der Waals surface area contributed by atoms with Crippen molar-refractivity contribution in [2.24, 2.45) is 0 Å². The fourth-order valence-corrected chi connectivity index (χ4v) is 3.74. The molecule has 5 nitrogen and oxygen atoms in total. The number of hydrogen-bond acceptors (Lipinski definition) is 4.